The molecule has 1 aromatic heterocycles. The van der Waals surface area contributed by atoms with Gasteiger partial charge in [-0.25, -0.2) is 13.6 Å². The molecule has 2 aliphatic heterocycles. The number of hydrogen-bond donors (Lipinski definition) is 1. The highest BCUT2D eigenvalue weighted by Gasteiger charge is 2.36. The van der Waals surface area contributed by atoms with Crippen LogP contribution in [0.25, 0.3) is 0 Å². The third-order valence-electron chi connectivity index (χ3n) is 6.94. The van der Waals surface area contributed by atoms with Crippen molar-refractivity contribution in [1.82, 2.24) is 20.0 Å². The molecule has 2 unspecified atom stereocenters. The molecule has 2 aromatic rings. The van der Waals surface area contributed by atoms with Gasteiger partial charge in [0.2, 0.25) is 0 Å². The number of thioether (sulfide) groups is 1. The van der Waals surface area contributed by atoms with Gasteiger partial charge in [0.25, 0.3) is 5.92 Å². The van der Waals surface area contributed by atoms with Crippen LogP contribution in [0.1, 0.15) is 66.5 Å². The van der Waals surface area contributed by atoms with E-state index in [-0.39, 0.29) is 23.4 Å². The third kappa shape index (κ3) is 4.65. The molecule has 32 heavy (non-hydrogen) atoms. The van der Waals surface area contributed by atoms with Gasteiger partial charge in [0.1, 0.15) is 0 Å². The van der Waals surface area contributed by atoms with Gasteiger partial charge < -0.3 is 9.80 Å². The molecule has 2 saturated heterocycles. The number of carbonyl (C=O) groups is 1. The molecule has 2 atom stereocenters. The van der Waals surface area contributed by atoms with Crippen molar-refractivity contribution < 1.29 is 13.6 Å². The zero-order chi connectivity index (χ0) is 22.3. The van der Waals surface area contributed by atoms with Crippen LogP contribution in [0.4, 0.5) is 13.6 Å². The molecule has 172 valence electrons. The summed E-state index contributed by atoms with van der Waals surface area (Å²) in [5.41, 5.74) is 3.24. The van der Waals surface area contributed by atoms with Crippen molar-refractivity contribution in [3.05, 3.63) is 52.8 Å². The minimum absolute atomic E-state index is 0.0220. The van der Waals surface area contributed by atoms with Crippen LogP contribution in [-0.2, 0) is 5.92 Å². The largest absolute Gasteiger partial charge is 0.323 e. The summed E-state index contributed by atoms with van der Waals surface area (Å²) in [4.78, 5) is 17.2. The molecule has 1 saturated carbocycles. The van der Waals surface area contributed by atoms with Crippen LogP contribution in [0, 0.1) is 0 Å². The number of rotatable bonds is 4. The summed E-state index contributed by atoms with van der Waals surface area (Å²) >= 11 is 1.88. The lowest BCUT2D eigenvalue weighted by atomic mass is 9.82. The van der Waals surface area contributed by atoms with Crippen LogP contribution < -0.4 is 0 Å². The van der Waals surface area contributed by atoms with E-state index in [1.54, 1.807) is 12.1 Å². The van der Waals surface area contributed by atoms with E-state index in [0.29, 0.717) is 19.0 Å². The van der Waals surface area contributed by atoms with E-state index < -0.39 is 5.92 Å². The maximum absolute atomic E-state index is 13.7. The van der Waals surface area contributed by atoms with E-state index in [9.17, 15) is 13.6 Å². The maximum Gasteiger partial charge on any atom is 0.320 e. The van der Waals surface area contributed by atoms with Gasteiger partial charge in [-0.15, -0.1) is 0 Å². The van der Waals surface area contributed by atoms with Crippen molar-refractivity contribution in [2.75, 3.05) is 37.7 Å². The van der Waals surface area contributed by atoms with Crippen molar-refractivity contribution in [3.63, 3.8) is 0 Å². The van der Waals surface area contributed by atoms with Gasteiger partial charge in [0.05, 0.1) is 5.69 Å². The lowest BCUT2D eigenvalue weighted by Gasteiger charge is -2.40. The van der Waals surface area contributed by atoms with Crippen molar-refractivity contribution in [2.24, 2.45) is 0 Å². The molecule has 0 radical (unpaired) electrons. The second kappa shape index (κ2) is 8.69. The Labute approximate surface area is 191 Å². The molecule has 8 heteroatoms. The first-order valence-corrected chi connectivity index (χ1v) is 12.7. The first kappa shape index (κ1) is 21.7. The summed E-state index contributed by atoms with van der Waals surface area (Å²) in [5, 5.41) is 7.80. The molecule has 1 aromatic carbocycles. The van der Waals surface area contributed by atoms with Crippen molar-refractivity contribution >= 4 is 17.8 Å². The average Bonchev–Trinajstić information content (AvgIpc) is 3.54. The Morgan fingerprint density at radius 2 is 1.75 bits per heavy atom. The first-order chi connectivity index (χ1) is 15.4. The summed E-state index contributed by atoms with van der Waals surface area (Å²) < 4.78 is 27.4. The number of aromatic amines is 1. The van der Waals surface area contributed by atoms with E-state index in [0.717, 1.165) is 49.2 Å². The molecular weight excluding hydrogens is 430 g/mol. The predicted molar refractivity (Wildman–Crippen MR) is 123 cm³/mol. The van der Waals surface area contributed by atoms with Crippen LogP contribution in [0.5, 0.6) is 0 Å². The molecule has 0 bridgehead atoms. The molecule has 3 aliphatic rings. The lowest BCUT2D eigenvalue weighted by molar-refractivity contribution is 0.0174. The minimum Gasteiger partial charge on any atom is -0.323 e. The van der Waals surface area contributed by atoms with Crippen LogP contribution in [0.3, 0.4) is 0 Å². The zero-order valence-corrected chi connectivity index (χ0v) is 19.2. The molecule has 3 heterocycles. The number of nitrogens with one attached hydrogen (secondary N) is 1. The molecule has 1 aliphatic carbocycles. The molecule has 5 nitrogen and oxygen atoms in total. The molecule has 0 spiro atoms. The lowest BCUT2D eigenvalue weighted by Crippen LogP contribution is -2.51. The summed E-state index contributed by atoms with van der Waals surface area (Å²) in [6, 6.07) is 8.92. The number of halogens is 2. The van der Waals surface area contributed by atoms with Gasteiger partial charge in [-0.1, -0.05) is 24.3 Å². The molecule has 1 N–H and O–H groups in total. The average molecular weight is 461 g/mol. The number of hydrogen-bond acceptors (Lipinski definition) is 3. The highest BCUT2D eigenvalue weighted by molar-refractivity contribution is 7.99. The topological polar surface area (TPSA) is 52.2 Å². The van der Waals surface area contributed by atoms with Gasteiger partial charge >= 0.3 is 6.03 Å². The first-order valence-electron chi connectivity index (χ1n) is 11.5. The number of alkyl halides is 2. The van der Waals surface area contributed by atoms with Crippen molar-refractivity contribution in [3.8, 4) is 0 Å². The van der Waals surface area contributed by atoms with Crippen LogP contribution in [-0.4, -0.2) is 63.7 Å². The number of carbonyl (C=O) groups excluding carboxylic acids is 1. The highest BCUT2D eigenvalue weighted by atomic mass is 32.2. The Balaban J connectivity index is 1.39. The number of nitrogens with zero attached hydrogens (tertiary/aromatic N) is 3. The van der Waals surface area contributed by atoms with E-state index in [1.807, 2.05) is 21.6 Å². The number of H-pyrrole nitrogens is 1. The van der Waals surface area contributed by atoms with Crippen LogP contribution >= 0.6 is 11.8 Å². The number of amides is 2. The van der Waals surface area contributed by atoms with Crippen LogP contribution in [0.2, 0.25) is 0 Å². The third-order valence-corrected chi connectivity index (χ3v) is 7.89. The predicted octanol–water partition coefficient (Wildman–Crippen LogP) is 5.14. The quantitative estimate of drug-likeness (QED) is 0.687. The van der Waals surface area contributed by atoms with Gasteiger partial charge in [-0.2, -0.15) is 16.9 Å². The van der Waals surface area contributed by atoms with Crippen molar-refractivity contribution in [1.29, 1.82) is 0 Å². The number of urea groups is 1. The Morgan fingerprint density at radius 1 is 1.06 bits per heavy atom. The number of piperidine rings is 1. The molecule has 3 fully saturated rings. The summed E-state index contributed by atoms with van der Waals surface area (Å²) in [7, 11) is 0. The van der Waals surface area contributed by atoms with Gasteiger partial charge in [0.15, 0.2) is 0 Å². The SMILES string of the molecule is CC(F)(F)c1ccc(C2CC(c3cc(C4CC4)[nH]n3)CN(C(=O)N3CCSCC3)C2)cc1. The Hall–Kier alpha value is -2.09. The molecular formula is C24H30F2N4OS. The van der Waals surface area contributed by atoms with E-state index in [1.165, 1.54) is 30.7 Å². The highest BCUT2D eigenvalue weighted by Crippen LogP contribution is 2.41. The van der Waals surface area contributed by atoms with E-state index in [2.05, 4.69) is 16.3 Å². The second-order valence-corrected chi connectivity index (χ2v) is 10.7. The van der Waals surface area contributed by atoms with E-state index in [4.69, 9.17) is 0 Å². The molecule has 2 amide bonds. The fraction of sp³-hybridized carbons (Fsp3) is 0.583. The Morgan fingerprint density at radius 3 is 2.41 bits per heavy atom. The van der Waals surface area contributed by atoms with E-state index >= 15 is 0 Å². The summed E-state index contributed by atoms with van der Waals surface area (Å²) in [6.07, 6.45) is 3.28. The Bertz CT molecular complexity index is 948. The fourth-order valence-electron chi connectivity index (χ4n) is 4.88. The Kier molecular flexibility index (Phi) is 5.90. The van der Waals surface area contributed by atoms with Gasteiger partial charge in [0, 0.05) is 73.6 Å². The second-order valence-electron chi connectivity index (χ2n) is 9.45. The monoisotopic (exact) mass is 460 g/mol. The van der Waals surface area contributed by atoms with Crippen molar-refractivity contribution in [2.45, 2.75) is 49.9 Å². The molecule has 5 rings (SSSR count). The number of benzene rings is 1. The summed E-state index contributed by atoms with van der Waals surface area (Å²) in [5.74, 6) is -0.0734. The minimum atomic E-state index is -2.85. The standard InChI is InChI=1S/C24H30F2N4OS/c1-24(25,26)20-6-4-16(5-7-20)18-12-19(22-13-21(27-28-22)17-2-3-17)15-30(14-18)23(31)29-8-10-32-11-9-29/h4-7,13,17-19H,2-3,8-12,14-15H2,1H3,(H,27,28). The summed E-state index contributed by atoms with van der Waals surface area (Å²) in [6.45, 7) is 3.75. The number of likely N-dealkylation sites (tertiary alicyclic amines) is 1. The zero-order valence-electron chi connectivity index (χ0n) is 18.4. The fourth-order valence-corrected chi connectivity index (χ4v) is 5.78. The maximum atomic E-state index is 13.7. The number of aromatic nitrogens is 2. The van der Waals surface area contributed by atoms with Crippen LogP contribution in [0.15, 0.2) is 30.3 Å². The van der Waals surface area contributed by atoms with Gasteiger partial charge in [-0.05, 0) is 30.9 Å². The smallest absolute Gasteiger partial charge is 0.320 e. The van der Waals surface area contributed by atoms with Gasteiger partial charge in [-0.3, -0.25) is 5.10 Å². The normalized spacial score (nSPS) is 24.6.